The number of aromatic nitrogens is 2. The van der Waals surface area contributed by atoms with Crippen molar-refractivity contribution in [3.8, 4) is 5.75 Å². The number of ether oxygens (including phenoxy) is 3. The van der Waals surface area contributed by atoms with Crippen LogP contribution in [0, 0.1) is 6.92 Å². The summed E-state index contributed by atoms with van der Waals surface area (Å²) in [6.07, 6.45) is -0.479. The average Bonchev–Trinajstić information content (AvgIpc) is 2.96. The molecule has 3 aromatic rings. The second-order valence-electron chi connectivity index (χ2n) is 6.65. The minimum Gasteiger partial charge on any atom is -0.480 e. The van der Waals surface area contributed by atoms with Crippen LogP contribution < -0.4 is 4.74 Å². The molecule has 128 valence electrons. The lowest BCUT2D eigenvalue weighted by Crippen LogP contribution is -2.42. The molecule has 2 aromatic carbocycles. The molecule has 3 heterocycles. The topological polar surface area (TPSA) is 45.5 Å². The largest absolute Gasteiger partial charge is 0.480 e. The van der Waals surface area contributed by atoms with Crippen molar-refractivity contribution in [1.29, 1.82) is 0 Å². The number of fused-ring (bicyclic) bond motifs is 5. The molecule has 2 aliphatic rings. The van der Waals surface area contributed by atoms with Crippen LogP contribution in [0.4, 0.5) is 0 Å². The predicted octanol–water partition coefficient (Wildman–Crippen LogP) is 3.47. The van der Waals surface area contributed by atoms with Crippen LogP contribution in [0.25, 0.3) is 11.0 Å². The Morgan fingerprint density at radius 1 is 1.00 bits per heavy atom. The second-order valence-corrected chi connectivity index (χ2v) is 6.65. The first kappa shape index (κ1) is 14.9. The number of hydrogen-bond donors (Lipinski definition) is 0. The molecule has 1 aromatic heterocycles. The van der Waals surface area contributed by atoms with Crippen molar-refractivity contribution in [2.45, 2.75) is 25.2 Å². The van der Waals surface area contributed by atoms with Crippen LogP contribution in [0.2, 0.25) is 0 Å². The zero-order valence-electron chi connectivity index (χ0n) is 14.3. The summed E-state index contributed by atoms with van der Waals surface area (Å²) in [5, 5.41) is 0. The average molecular weight is 336 g/mol. The highest BCUT2D eigenvalue weighted by Crippen LogP contribution is 2.48. The van der Waals surface area contributed by atoms with Crippen molar-refractivity contribution in [1.82, 2.24) is 9.55 Å². The summed E-state index contributed by atoms with van der Waals surface area (Å²) in [6.45, 7) is 3.20. The lowest BCUT2D eigenvalue weighted by atomic mass is 9.91. The zero-order chi connectivity index (χ0) is 17.0. The van der Waals surface area contributed by atoms with Gasteiger partial charge in [-0.25, -0.2) is 4.98 Å². The molecule has 0 amide bonds. The lowest BCUT2D eigenvalue weighted by molar-refractivity contribution is -0.184. The summed E-state index contributed by atoms with van der Waals surface area (Å²) in [5.41, 5.74) is 4.09. The van der Waals surface area contributed by atoms with E-state index in [4.69, 9.17) is 19.2 Å². The Labute approximate surface area is 146 Å². The maximum atomic E-state index is 6.49. The smallest absolute Gasteiger partial charge is 0.154 e. The Kier molecular flexibility index (Phi) is 3.33. The molecule has 1 fully saturated rings. The van der Waals surface area contributed by atoms with Gasteiger partial charge in [-0.2, -0.15) is 0 Å². The highest BCUT2D eigenvalue weighted by Gasteiger charge is 2.43. The molecule has 2 aliphatic heterocycles. The number of rotatable bonds is 1. The number of imidazole rings is 1. The van der Waals surface area contributed by atoms with E-state index in [0.717, 1.165) is 33.7 Å². The van der Waals surface area contributed by atoms with Gasteiger partial charge in [-0.3, -0.25) is 0 Å². The van der Waals surface area contributed by atoms with Crippen LogP contribution in [0.3, 0.4) is 0 Å². The summed E-state index contributed by atoms with van der Waals surface area (Å²) < 4.78 is 20.7. The first-order valence-electron chi connectivity index (χ1n) is 8.65. The maximum Gasteiger partial charge on any atom is 0.154 e. The van der Waals surface area contributed by atoms with Gasteiger partial charge in [0.2, 0.25) is 0 Å². The van der Waals surface area contributed by atoms with Crippen molar-refractivity contribution < 1.29 is 14.2 Å². The molecule has 5 nitrogen and oxygen atoms in total. The molecule has 0 unspecified atom stereocenters. The van der Waals surface area contributed by atoms with E-state index in [2.05, 4.69) is 28.8 Å². The summed E-state index contributed by atoms with van der Waals surface area (Å²) in [5.74, 6) is 1.79. The van der Waals surface area contributed by atoms with Gasteiger partial charge in [0.15, 0.2) is 11.9 Å². The Hall–Kier alpha value is -2.37. The Morgan fingerprint density at radius 2 is 1.80 bits per heavy atom. The fourth-order valence-electron chi connectivity index (χ4n) is 3.86. The van der Waals surface area contributed by atoms with Gasteiger partial charge in [0, 0.05) is 12.6 Å². The van der Waals surface area contributed by atoms with Gasteiger partial charge >= 0.3 is 0 Å². The molecular weight excluding hydrogens is 316 g/mol. The van der Waals surface area contributed by atoms with Gasteiger partial charge in [0.05, 0.1) is 18.7 Å². The van der Waals surface area contributed by atoms with Crippen LogP contribution in [0.1, 0.15) is 29.2 Å². The van der Waals surface area contributed by atoms with E-state index in [1.54, 1.807) is 0 Å². The number of nitrogens with zero attached hydrogens (tertiary/aromatic N) is 2. The van der Waals surface area contributed by atoms with Gasteiger partial charge in [0.1, 0.15) is 23.5 Å². The normalized spacial score (nSPS) is 25.3. The molecule has 0 saturated carbocycles. The van der Waals surface area contributed by atoms with Crippen LogP contribution in [-0.4, -0.2) is 28.9 Å². The fourth-order valence-corrected chi connectivity index (χ4v) is 3.86. The number of hydrogen-bond acceptors (Lipinski definition) is 4. The van der Waals surface area contributed by atoms with Gasteiger partial charge in [-0.15, -0.1) is 0 Å². The molecule has 5 heteroatoms. The highest BCUT2D eigenvalue weighted by atomic mass is 16.6. The van der Waals surface area contributed by atoms with Crippen LogP contribution in [0.5, 0.6) is 5.75 Å². The third-order valence-electron chi connectivity index (χ3n) is 5.23. The monoisotopic (exact) mass is 336 g/mol. The molecule has 1 saturated heterocycles. The molecule has 0 aliphatic carbocycles. The summed E-state index contributed by atoms with van der Waals surface area (Å²) in [7, 11) is 2.03. The fraction of sp³-hybridized carbons (Fsp3) is 0.350. The minimum atomic E-state index is -0.202. The minimum absolute atomic E-state index is 0.130. The van der Waals surface area contributed by atoms with Gasteiger partial charge in [0.25, 0.3) is 0 Å². The van der Waals surface area contributed by atoms with E-state index in [-0.39, 0.29) is 18.3 Å². The van der Waals surface area contributed by atoms with Crippen molar-refractivity contribution in [3.05, 3.63) is 59.4 Å². The van der Waals surface area contributed by atoms with Gasteiger partial charge in [-0.05, 0) is 18.6 Å². The molecule has 0 bridgehead atoms. The molecule has 5 rings (SSSR count). The number of benzene rings is 2. The maximum absolute atomic E-state index is 6.49. The summed E-state index contributed by atoms with van der Waals surface area (Å²) >= 11 is 0. The SMILES string of the molecule is Cc1nc2c3c(ccc2n1C)[C@H]1OCCO[C@@H]1[C@@H](c1ccccc1)O3. The standard InChI is InChI=1S/C20H20N2O3/c1-12-21-16-15(22(12)2)9-8-14-18(16)25-17(13-6-4-3-5-7-13)20-19(14)23-10-11-24-20/h3-9,17,19-20H,10-11H2,1-2H3/t17-,19-,20-/m1/s1. The van der Waals surface area contributed by atoms with E-state index in [1.165, 1.54) is 0 Å². The van der Waals surface area contributed by atoms with Crippen molar-refractivity contribution >= 4 is 11.0 Å². The first-order valence-corrected chi connectivity index (χ1v) is 8.65. The predicted molar refractivity (Wildman–Crippen MR) is 93.7 cm³/mol. The van der Waals surface area contributed by atoms with Crippen LogP contribution in [0.15, 0.2) is 42.5 Å². The van der Waals surface area contributed by atoms with E-state index >= 15 is 0 Å². The lowest BCUT2D eigenvalue weighted by Gasteiger charge is -2.41. The Balaban J connectivity index is 1.71. The van der Waals surface area contributed by atoms with Crippen molar-refractivity contribution in [3.63, 3.8) is 0 Å². The molecular formula is C20H20N2O3. The van der Waals surface area contributed by atoms with Crippen molar-refractivity contribution in [2.24, 2.45) is 7.05 Å². The van der Waals surface area contributed by atoms with E-state index in [9.17, 15) is 0 Å². The molecule has 0 N–H and O–H groups in total. The first-order chi connectivity index (χ1) is 12.2. The van der Waals surface area contributed by atoms with Crippen LogP contribution >= 0.6 is 0 Å². The third-order valence-corrected chi connectivity index (χ3v) is 5.23. The quantitative estimate of drug-likeness (QED) is 0.683. The third kappa shape index (κ3) is 2.19. The molecule has 0 spiro atoms. The zero-order valence-corrected chi connectivity index (χ0v) is 14.3. The Morgan fingerprint density at radius 3 is 2.64 bits per heavy atom. The molecule has 25 heavy (non-hydrogen) atoms. The van der Waals surface area contributed by atoms with E-state index in [0.29, 0.717) is 13.2 Å². The van der Waals surface area contributed by atoms with Crippen molar-refractivity contribution in [2.75, 3.05) is 13.2 Å². The second kappa shape index (κ2) is 5.58. The highest BCUT2D eigenvalue weighted by molar-refractivity contribution is 5.84. The molecule has 3 atom stereocenters. The van der Waals surface area contributed by atoms with E-state index in [1.807, 2.05) is 32.2 Å². The number of aryl methyl sites for hydroxylation is 2. The Bertz CT molecular complexity index is 935. The van der Waals surface area contributed by atoms with Gasteiger partial charge < -0.3 is 18.8 Å². The summed E-state index contributed by atoms with van der Waals surface area (Å²) in [6, 6.07) is 14.4. The molecule has 0 radical (unpaired) electrons. The van der Waals surface area contributed by atoms with Gasteiger partial charge in [-0.1, -0.05) is 36.4 Å². The van der Waals surface area contributed by atoms with E-state index < -0.39 is 0 Å². The summed E-state index contributed by atoms with van der Waals surface area (Å²) in [4.78, 5) is 4.73. The van der Waals surface area contributed by atoms with Crippen LogP contribution in [-0.2, 0) is 16.5 Å².